The number of halogens is 3. The minimum Gasteiger partial charge on any atom is -0.486 e. The zero-order valence-corrected chi connectivity index (χ0v) is 13.8. The smallest absolute Gasteiger partial charge is 0.416 e. The fourth-order valence-corrected chi connectivity index (χ4v) is 3.99. The first kappa shape index (κ1) is 17.7. The number of hydrogen-bond donors (Lipinski definition) is 0. The van der Waals surface area contributed by atoms with E-state index < -0.39 is 21.8 Å². The van der Waals surface area contributed by atoms with Crippen LogP contribution in [0.25, 0.3) is 0 Å². The third kappa shape index (κ3) is 4.29. The van der Waals surface area contributed by atoms with Gasteiger partial charge in [0, 0.05) is 6.20 Å². The highest BCUT2D eigenvalue weighted by atomic mass is 32.2. The van der Waals surface area contributed by atoms with Crippen molar-refractivity contribution in [3.05, 3.63) is 59.9 Å². The first-order valence-electron chi connectivity index (χ1n) is 7.45. The third-order valence-electron chi connectivity index (χ3n) is 3.78. The van der Waals surface area contributed by atoms with Crippen LogP contribution in [0.1, 0.15) is 11.1 Å². The highest BCUT2D eigenvalue weighted by Gasteiger charge is 2.37. The molecule has 0 bridgehead atoms. The molecule has 0 saturated carbocycles. The second kappa shape index (κ2) is 6.64. The van der Waals surface area contributed by atoms with Gasteiger partial charge in [-0.05, 0) is 29.8 Å². The van der Waals surface area contributed by atoms with Crippen LogP contribution in [-0.4, -0.2) is 36.9 Å². The van der Waals surface area contributed by atoms with Crippen LogP contribution in [0.15, 0.2) is 48.8 Å². The maximum Gasteiger partial charge on any atom is 0.416 e. The summed E-state index contributed by atoms with van der Waals surface area (Å²) in [6.45, 7) is 0.412. The first-order chi connectivity index (χ1) is 11.7. The standard InChI is InChI=1S/C16H15F3N2O3S/c17-16(18,19)13-5-3-12(4-6-13)11-25(22,23)21-9-15(10-21)24-14-2-1-7-20-8-14/h1-8,15H,9-11H2. The van der Waals surface area contributed by atoms with Gasteiger partial charge in [-0.1, -0.05) is 12.1 Å². The summed E-state index contributed by atoms with van der Waals surface area (Å²) in [5, 5.41) is 0. The average Bonchev–Trinajstić information content (AvgIpc) is 2.50. The topological polar surface area (TPSA) is 59.5 Å². The van der Waals surface area contributed by atoms with Crippen LogP contribution in [0.5, 0.6) is 5.75 Å². The quantitative estimate of drug-likeness (QED) is 0.810. The molecule has 25 heavy (non-hydrogen) atoms. The molecule has 0 amide bonds. The Hall–Kier alpha value is -2.13. The van der Waals surface area contributed by atoms with Gasteiger partial charge in [-0.15, -0.1) is 0 Å². The number of pyridine rings is 1. The molecule has 1 aromatic heterocycles. The lowest BCUT2D eigenvalue weighted by Gasteiger charge is -2.37. The SMILES string of the molecule is O=S(=O)(Cc1ccc(C(F)(F)F)cc1)N1CC(Oc2cccnc2)C1. The van der Waals surface area contributed by atoms with Crippen molar-refractivity contribution in [1.82, 2.24) is 9.29 Å². The Morgan fingerprint density at radius 3 is 2.40 bits per heavy atom. The number of rotatable bonds is 5. The molecule has 1 aliphatic heterocycles. The fraction of sp³-hybridized carbons (Fsp3) is 0.312. The van der Waals surface area contributed by atoms with E-state index in [-0.39, 0.29) is 24.9 Å². The van der Waals surface area contributed by atoms with Crippen LogP contribution in [-0.2, 0) is 22.0 Å². The van der Waals surface area contributed by atoms with Gasteiger partial charge >= 0.3 is 6.18 Å². The Bertz CT molecular complexity index is 818. The predicted molar refractivity (Wildman–Crippen MR) is 84.3 cm³/mol. The van der Waals surface area contributed by atoms with Crippen molar-refractivity contribution in [3.63, 3.8) is 0 Å². The minimum atomic E-state index is -4.44. The number of aromatic nitrogens is 1. The van der Waals surface area contributed by atoms with Crippen molar-refractivity contribution in [2.45, 2.75) is 18.0 Å². The van der Waals surface area contributed by atoms with Crippen molar-refractivity contribution in [1.29, 1.82) is 0 Å². The summed E-state index contributed by atoms with van der Waals surface area (Å²) in [6.07, 6.45) is -1.55. The maximum absolute atomic E-state index is 12.5. The number of sulfonamides is 1. The Morgan fingerprint density at radius 1 is 1.16 bits per heavy atom. The molecule has 1 fully saturated rings. The molecule has 1 saturated heterocycles. The van der Waals surface area contributed by atoms with E-state index in [0.29, 0.717) is 11.3 Å². The zero-order valence-electron chi connectivity index (χ0n) is 13.0. The summed E-state index contributed by atoms with van der Waals surface area (Å²) in [7, 11) is -3.59. The average molecular weight is 372 g/mol. The summed E-state index contributed by atoms with van der Waals surface area (Å²) < 4.78 is 69.0. The number of alkyl halides is 3. The van der Waals surface area contributed by atoms with Crippen molar-refractivity contribution >= 4 is 10.0 Å². The molecular weight excluding hydrogens is 357 g/mol. The lowest BCUT2D eigenvalue weighted by Crippen LogP contribution is -2.56. The van der Waals surface area contributed by atoms with Crippen LogP contribution in [0.4, 0.5) is 13.2 Å². The van der Waals surface area contributed by atoms with E-state index in [4.69, 9.17) is 4.74 Å². The molecule has 0 aliphatic carbocycles. The summed E-state index contributed by atoms with van der Waals surface area (Å²) in [4.78, 5) is 3.91. The van der Waals surface area contributed by atoms with E-state index >= 15 is 0 Å². The minimum absolute atomic E-state index is 0.206. The van der Waals surface area contributed by atoms with Gasteiger partial charge in [0.05, 0.1) is 30.6 Å². The lowest BCUT2D eigenvalue weighted by molar-refractivity contribution is -0.137. The Morgan fingerprint density at radius 2 is 1.84 bits per heavy atom. The van der Waals surface area contributed by atoms with E-state index in [2.05, 4.69) is 4.98 Å². The molecule has 1 aromatic carbocycles. The van der Waals surface area contributed by atoms with Gasteiger partial charge in [-0.3, -0.25) is 4.98 Å². The number of nitrogens with zero attached hydrogens (tertiary/aromatic N) is 2. The maximum atomic E-state index is 12.5. The second-order valence-electron chi connectivity index (χ2n) is 5.70. The Kier molecular flexibility index (Phi) is 4.70. The molecule has 9 heteroatoms. The molecule has 0 atom stereocenters. The lowest BCUT2D eigenvalue weighted by atomic mass is 10.1. The molecule has 0 N–H and O–H groups in total. The normalized spacial score (nSPS) is 16.4. The van der Waals surface area contributed by atoms with Crippen LogP contribution in [0.2, 0.25) is 0 Å². The van der Waals surface area contributed by atoms with E-state index in [1.807, 2.05) is 0 Å². The van der Waals surface area contributed by atoms with Gasteiger partial charge in [0.1, 0.15) is 11.9 Å². The summed E-state index contributed by atoms with van der Waals surface area (Å²) in [6, 6.07) is 7.58. The Labute approximate surface area is 143 Å². The molecule has 5 nitrogen and oxygen atoms in total. The third-order valence-corrected chi connectivity index (χ3v) is 5.56. The molecule has 0 spiro atoms. The fourth-order valence-electron chi connectivity index (χ4n) is 2.40. The van der Waals surface area contributed by atoms with Gasteiger partial charge in [0.2, 0.25) is 10.0 Å². The molecule has 3 rings (SSSR count). The van der Waals surface area contributed by atoms with E-state index in [1.54, 1.807) is 24.5 Å². The predicted octanol–water partition coefficient (Wildman–Crippen LogP) is 2.69. The van der Waals surface area contributed by atoms with E-state index in [9.17, 15) is 21.6 Å². The van der Waals surface area contributed by atoms with Crippen LogP contribution >= 0.6 is 0 Å². The monoisotopic (exact) mass is 372 g/mol. The van der Waals surface area contributed by atoms with Gasteiger partial charge in [-0.25, -0.2) is 8.42 Å². The molecule has 2 heterocycles. The second-order valence-corrected chi connectivity index (χ2v) is 7.67. The first-order valence-corrected chi connectivity index (χ1v) is 9.05. The highest BCUT2D eigenvalue weighted by molar-refractivity contribution is 7.88. The summed E-state index contributed by atoms with van der Waals surface area (Å²) >= 11 is 0. The molecule has 134 valence electrons. The van der Waals surface area contributed by atoms with E-state index in [0.717, 1.165) is 12.1 Å². The van der Waals surface area contributed by atoms with E-state index in [1.165, 1.54) is 16.4 Å². The zero-order chi connectivity index (χ0) is 18.1. The summed E-state index contributed by atoms with van der Waals surface area (Å²) in [5.41, 5.74) is -0.493. The van der Waals surface area contributed by atoms with Crippen LogP contribution < -0.4 is 4.74 Å². The number of benzene rings is 1. The van der Waals surface area contributed by atoms with Gasteiger partial charge in [0.25, 0.3) is 0 Å². The van der Waals surface area contributed by atoms with Crippen molar-refractivity contribution in [2.75, 3.05) is 13.1 Å². The molecule has 0 unspecified atom stereocenters. The molecule has 1 aliphatic rings. The van der Waals surface area contributed by atoms with Crippen LogP contribution in [0.3, 0.4) is 0 Å². The van der Waals surface area contributed by atoms with Gasteiger partial charge < -0.3 is 4.74 Å². The number of ether oxygens (including phenoxy) is 1. The summed E-state index contributed by atoms with van der Waals surface area (Å²) in [5.74, 6) is 0.220. The molecule has 0 radical (unpaired) electrons. The van der Waals surface area contributed by atoms with Crippen molar-refractivity contribution in [3.8, 4) is 5.75 Å². The molecule has 2 aromatic rings. The van der Waals surface area contributed by atoms with Crippen molar-refractivity contribution < 1.29 is 26.3 Å². The largest absolute Gasteiger partial charge is 0.486 e. The van der Waals surface area contributed by atoms with Gasteiger partial charge in [0.15, 0.2) is 0 Å². The van der Waals surface area contributed by atoms with Crippen LogP contribution in [0, 0.1) is 0 Å². The number of hydrogen-bond acceptors (Lipinski definition) is 4. The van der Waals surface area contributed by atoms with Crippen molar-refractivity contribution in [2.24, 2.45) is 0 Å². The highest BCUT2D eigenvalue weighted by Crippen LogP contribution is 2.29. The molecular formula is C16H15F3N2O3S. The Balaban J connectivity index is 1.56. The van der Waals surface area contributed by atoms with Gasteiger partial charge in [-0.2, -0.15) is 17.5 Å².